The van der Waals surface area contributed by atoms with Crippen molar-refractivity contribution >= 4 is 33.4 Å². The van der Waals surface area contributed by atoms with Gasteiger partial charge in [-0.25, -0.2) is 4.79 Å². The third-order valence-electron chi connectivity index (χ3n) is 2.24. The molecule has 2 aromatic heterocycles. The number of carboxylic acid groups (broad SMARTS) is 1. The highest BCUT2D eigenvalue weighted by Gasteiger charge is 2.20. The Morgan fingerprint density at radius 2 is 2.26 bits per heavy atom. The van der Waals surface area contributed by atoms with E-state index in [0.29, 0.717) is 9.35 Å². The lowest BCUT2D eigenvalue weighted by molar-refractivity contribution is 0.140. The van der Waals surface area contributed by atoms with Crippen LogP contribution < -0.4 is 10.3 Å². The van der Waals surface area contributed by atoms with Crippen LogP contribution in [0.5, 0.6) is 11.6 Å². The van der Waals surface area contributed by atoms with Gasteiger partial charge in [-0.15, -0.1) is 11.3 Å². The van der Waals surface area contributed by atoms with E-state index in [-0.39, 0.29) is 5.82 Å². The molecule has 2 aromatic rings. The maximum atomic E-state index is 11.8. The molecule has 0 fully saturated rings. The number of carbonyl (C=O) groups is 1. The number of hydrogen-bond acceptors (Lipinski definition) is 6. The number of nitrogens with zero attached hydrogens (tertiary/aromatic N) is 2. The number of rotatable bonds is 2. The molecule has 0 amide bonds. The molecule has 0 saturated carbocycles. The molecule has 2 N–H and O–H groups in total. The largest absolute Gasteiger partial charge is 0.512 e. The van der Waals surface area contributed by atoms with Crippen molar-refractivity contribution in [1.29, 1.82) is 0 Å². The standard InChI is InChI=1S/C10H7BrN2O5S/c1-13-7(6-4(11)2-3-19-6)12-8(18-10(16)17)5(14)9(13)15/h2-3,14H,1H3,(H,16,17). The predicted octanol–water partition coefficient (Wildman–Crippen LogP) is 2.03. The fraction of sp³-hybridized carbons (Fsp3) is 0.100. The Hall–Kier alpha value is -1.87. The Balaban J connectivity index is 2.69. The predicted molar refractivity (Wildman–Crippen MR) is 70.8 cm³/mol. The van der Waals surface area contributed by atoms with Crippen LogP contribution in [0.25, 0.3) is 10.7 Å². The van der Waals surface area contributed by atoms with E-state index in [9.17, 15) is 14.7 Å². The number of thiophene rings is 1. The van der Waals surface area contributed by atoms with E-state index >= 15 is 0 Å². The molecule has 2 rings (SSSR count). The minimum absolute atomic E-state index is 0.195. The van der Waals surface area contributed by atoms with Crippen LogP contribution in [0.15, 0.2) is 20.7 Å². The van der Waals surface area contributed by atoms with Gasteiger partial charge in [0.1, 0.15) is 0 Å². The Morgan fingerprint density at radius 3 is 2.79 bits per heavy atom. The molecule has 0 atom stereocenters. The highest BCUT2D eigenvalue weighted by molar-refractivity contribution is 9.10. The van der Waals surface area contributed by atoms with Crippen LogP contribution in [-0.2, 0) is 7.05 Å². The smallest absolute Gasteiger partial charge is 0.499 e. The summed E-state index contributed by atoms with van der Waals surface area (Å²) in [6.07, 6.45) is -1.66. The second kappa shape index (κ2) is 5.02. The van der Waals surface area contributed by atoms with Crippen LogP contribution in [0, 0.1) is 0 Å². The third kappa shape index (κ3) is 2.47. The van der Waals surface area contributed by atoms with Crippen molar-refractivity contribution in [1.82, 2.24) is 9.55 Å². The highest BCUT2D eigenvalue weighted by atomic mass is 79.9. The number of aromatic hydroxyl groups is 1. The first kappa shape index (κ1) is 13.6. The van der Waals surface area contributed by atoms with E-state index in [1.165, 1.54) is 18.4 Å². The van der Waals surface area contributed by atoms with Crippen LogP contribution in [0.4, 0.5) is 4.79 Å². The first-order valence-electron chi connectivity index (χ1n) is 4.86. The molecule has 0 aliphatic rings. The SMILES string of the molecule is Cn1c(-c2sccc2Br)nc(OC(=O)O)c(O)c1=O. The van der Waals surface area contributed by atoms with Crippen molar-refractivity contribution in [2.45, 2.75) is 0 Å². The molecular formula is C10H7BrN2O5S. The minimum Gasteiger partial charge on any atom is -0.499 e. The van der Waals surface area contributed by atoms with Crippen molar-refractivity contribution in [3.63, 3.8) is 0 Å². The van der Waals surface area contributed by atoms with Crippen LogP contribution >= 0.6 is 27.3 Å². The average molecular weight is 347 g/mol. The zero-order valence-electron chi connectivity index (χ0n) is 9.45. The molecular weight excluding hydrogens is 340 g/mol. The van der Waals surface area contributed by atoms with E-state index in [1.807, 2.05) is 0 Å². The van der Waals surface area contributed by atoms with Gasteiger partial charge in [-0.05, 0) is 27.4 Å². The Morgan fingerprint density at radius 1 is 1.58 bits per heavy atom. The third-order valence-corrected chi connectivity index (χ3v) is 4.07. The summed E-state index contributed by atoms with van der Waals surface area (Å²) >= 11 is 4.60. The number of halogens is 1. The lowest BCUT2D eigenvalue weighted by atomic mass is 10.4. The molecule has 0 aliphatic carbocycles. The van der Waals surface area contributed by atoms with Gasteiger partial charge in [0.05, 0.1) is 4.88 Å². The van der Waals surface area contributed by atoms with Crippen molar-refractivity contribution in [3.8, 4) is 22.3 Å². The van der Waals surface area contributed by atoms with Gasteiger partial charge in [-0.2, -0.15) is 4.98 Å². The quantitative estimate of drug-likeness (QED) is 0.806. The highest BCUT2D eigenvalue weighted by Crippen LogP contribution is 2.33. The topological polar surface area (TPSA) is 102 Å². The summed E-state index contributed by atoms with van der Waals surface area (Å²) in [4.78, 5) is 26.8. The van der Waals surface area contributed by atoms with Crippen LogP contribution in [0.3, 0.4) is 0 Å². The van der Waals surface area contributed by atoms with Gasteiger partial charge in [0.25, 0.3) is 11.4 Å². The molecule has 9 heteroatoms. The molecule has 0 radical (unpaired) electrons. The van der Waals surface area contributed by atoms with Crippen LogP contribution in [0.2, 0.25) is 0 Å². The molecule has 2 heterocycles. The van der Waals surface area contributed by atoms with E-state index in [0.717, 1.165) is 4.57 Å². The normalized spacial score (nSPS) is 10.4. The first-order chi connectivity index (χ1) is 8.91. The summed E-state index contributed by atoms with van der Waals surface area (Å²) in [5, 5.41) is 19.8. The lowest BCUT2D eigenvalue weighted by Crippen LogP contribution is -2.21. The van der Waals surface area contributed by atoms with Gasteiger partial charge in [0, 0.05) is 11.5 Å². The Kier molecular flexibility index (Phi) is 3.58. The van der Waals surface area contributed by atoms with Gasteiger partial charge in [0.15, 0.2) is 5.82 Å². The molecule has 0 bridgehead atoms. The molecule has 100 valence electrons. The molecule has 0 aliphatic heterocycles. The van der Waals surface area contributed by atoms with Gasteiger partial charge in [0.2, 0.25) is 5.75 Å². The van der Waals surface area contributed by atoms with Crippen molar-refractivity contribution in [2.24, 2.45) is 7.05 Å². The summed E-state index contributed by atoms with van der Waals surface area (Å²) in [5.74, 6) is -1.28. The molecule has 7 nitrogen and oxygen atoms in total. The molecule has 0 unspecified atom stereocenters. The first-order valence-corrected chi connectivity index (χ1v) is 6.53. The van der Waals surface area contributed by atoms with Gasteiger partial charge >= 0.3 is 6.16 Å². The second-order valence-corrected chi connectivity index (χ2v) is 5.19. The maximum Gasteiger partial charge on any atom is 0.512 e. The van der Waals surface area contributed by atoms with Crippen molar-refractivity contribution in [2.75, 3.05) is 0 Å². The summed E-state index contributed by atoms with van der Waals surface area (Å²) in [5.41, 5.74) is -0.790. The summed E-state index contributed by atoms with van der Waals surface area (Å²) in [6, 6.07) is 1.76. The summed E-state index contributed by atoms with van der Waals surface area (Å²) in [7, 11) is 1.42. The van der Waals surface area contributed by atoms with Gasteiger partial charge in [-0.3, -0.25) is 9.36 Å². The molecule has 0 aromatic carbocycles. The maximum absolute atomic E-state index is 11.8. The van der Waals surface area contributed by atoms with E-state index in [4.69, 9.17) is 5.11 Å². The summed E-state index contributed by atoms with van der Waals surface area (Å²) in [6.45, 7) is 0. The molecule has 0 saturated heterocycles. The zero-order valence-corrected chi connectivity index (χ0v) is 11.9. The average Bonchev–Trinajstić information content (AvgIpc) is 2.76. The number of hydrogen-bond donors (Lipinski definition) is 2. The number of ether oxygens (including phenoxy) is 1. The fourth-order valence-corrected chi connectivity index (χ4v) is 2.95. The van der Waals surface area contributed by atoms with E-state index in [1.54, 1.807) is 11.4 Å². The van der Waals surface area contributed by atoms with E-state index < -0.39 is 23.3 Å². The molecule has 0 spiro atoms. The minimum atomic E-state index is -1.66. The van der Waals surface area contributed by atoms with Gasteiger partial charge in [-0.1, -0.05) is 0 Å². The lowest BCUT2D eigenvalue weighted by Gasteiger charge is -2.09. The molecule has 19 heavy (non-hydrogen) atoms. The van der Waals surface area contributed by atoms with Crippen molar-refractivity contribution in [3.05, 3.63) is 26.3 Å². The summed E-state index contributed by atoms with van der Waals surface area (Å²) < 4.78 is 6.10. The Bertz CT molecular complexity index is 708. The van der Waals surface area contributed by atoms with Crippen molar-refractivity contribution < 1.29 is 19.7 Å². The van der Waals surface area contributed by atoms with Gasteiger partial charge < -0.3 is 14.9 Å². The number of aromatic nitrogens is 2. The van der Waals surface area contributed by atoms with Crippen LogP contribution in [0.1, 0.15) is 0 Å². The Labute approximate surface area is 118 Å². The fourth-order valence-electron chi connectivity index (χ4n) is 1.38. The van der Waals surface area contributed by atoms with E-state index in [2.05, 4.69) is 25.7 Å². The second-order valence-electron chi connectivity index (χ2n) is 3.42. The van der Waals surface area contributed by atoms with Crippen LogP contribution in [-0.4, -0.2) is 25.9 Å². The monoisotopic (exact) mass is 346 g/mol. The zero-order chi connectivity index (χ0) is 14.2.